The molecule has 6 nitrogen and oxygen atoms in total. The first kappa shape index (κ1) is 21.9. The van der Waals surface area contributed by atoms with Gasteiger partial charge in [-0.05, 0) is 62.6 Å². The van der Waals surface area contributed by atoms with Gasteiger partial charge in [0.15, 0.2) is 5.11 Å². The van der Waals surface area contributed by atoms with Crippen LogP contribution in [0.2, 0.25) is 0 Å². The smallest absolute Gasteiger partial charge is 0.231 e. The summed E-state index contributed by atoms with van der Waals surface area (Å²) < 4.78 is 24.6. The molecule has 0 radical (unpaired) electrons. The normalized spacial score (nSPS) is 18.1. The van der Waals surface area contributed by atoms with Crippen LogP contribution in [-0.4, -0.2) is 57.4 Å². The van der Waals surface area contributed by atoms with Crippen molar-refractivity contribution in [2.24, 2.45) is 0 Å². The van der Waals surface area contributed by atoms with Crippen molar-refractivity contribution in [3.8, 4) is 0 Å². The lowest BCUT2D eigenvalue weighted by Gasteiger charge is -2.35. The molecule has 1 aliphatic heterocycles. The number of benzene rings is 1. The van der Waals surface area contributed by atoms with Crippen molar-refractivity contribution in [2.75, 3.05) is 42.6 Å². The van der Waals surface area contributed by atoms with Gasteiger partial charge >= 0.3 is 0 Å². The van der Waals surface area contributed by atoms with Gasteiger partial charge in [-0.1, -0.05) is 19.4 Å². The Morgan fingerprint density at radius 2 is 2.15 bits per heavy atom. The number of sulfonamides is 1. The number of piperidine rings is 1. The fourth-order valence-corrected chi connectivity index (χ4v) is 4.16. The Hall–Kier alpha value is -1.38. The molecule has 0 amide bonds. The van der Waals surface area contributed by atoms with Crippen molar-refractivity contribution in [1.29, 1.82) is 0 Å². The van der Waals surface area contributed by atoms with Gasteiger partial charge < -0.3 is 15.5 Å². The van der Waals surface area contributed by atoms with Crippen LogP contribution >= 0.6 is 12.2 Å². The Labute approximate surface area is 169 Å². The number of hydrogen-bond donors (Lipinski definition) is 2. The maximum absolute atomic E-state index is 11.7. The summed E-state index contributed by atoms with van der Waals surface area (Å²) in [6.45, 7) is 5.40. The zero-order valence-electron chi connectivity index (χ0n) is 16.6. The molecule has 0 spiro atoms. The average molecular weight is 413 g/mol. The third-order valence-corrected chi connectivity index (χ3v) is 6.55. The molecule has 1 aliphatic rings. The Morgan fingerprint density at radius 1 is 1.37 bits per heavy atom. The summed E-state index contributed by atoms with van der Waals surface area (Å²) in [5.74, 6) is 0. The monoisotopic (exact) mass is 412 g/mol. The van der Waals surface area contributed by atoms with E-state index in [1.807, 2.05) is 12.1 Å². The molecule has 1 aromatic carbocycles. The van der Waals surface area contributed by atoms with E-state index in [2.05, 4.69) is 22.5 Å². The molecule has 0 aliphatic carbocycles. The highest BCUT2D eigenvalue weighted by Crippen LogP contribution is 2.21. The van der Waals surface area contributed by atoms with E-state index in [-0.39, 0.29) is 0 Å². The molecule has 27 heavy (non-hydrogen) atoms. The number of likely N-dealkylation sites (tertiary alicyclic amines) is 1. The van der Waals surface area contributed by atoms with Crippen LogP contribution in [0.3, 0.4) is 0 Å². The molecule has 1 fully saturated rings. The zero-order valence-corrected chi connectivity index (χ0v) is 18.2. The van der Waals surface area contributed by atoms with Gasteiger partial charge in [-0.3, -0.25) is 4.31 Å². The van der Waals surface area contributed by atoms with Crippen molar-refractivity contribution in [3.05, 3.63) is 24.3 Å². The van der Waals surface area contributed by atoms with Gasteiger partial charge in [0.1, 0.15) is 0 Å². The van der Waals surface area contributed by atoms with Crippen LogP contribution in [0.15, 0.2) is 24.3 Å². The summed E-state index contributed by atoms with van der Waals surface area (Å²) in [6.07, 6.45) is 7.45. The van der Waals surface area contributed by atoms with Crippen LogP contribution in [0.5, 0.6) is 0 Å². The molecular formula is C19H32N4O2S2. The second-order valence-electron chi connectivity index (χ2n) is 7.11. The fraction of sp³-hybridized carbons (Fsp3) is 0.632. The van der Waals surface area contributed by atoms with Gasteiger partial charge in [-0.15, -0.1) is 0 Å². The highest BCUT2D eigenvalue weighted by molar-refractivity contribution is 7.92. The van der Waals surface area contributed by atoms with Crippen LogP contribution in [0.1, 0.15) is 39.0 Å². The van der Waals surface area contributed by atoms with E-state index in [0.717, 1.165) is 31.2 Å². The molecule has 8 heteroatoms. The summed E-state index contributed by atoms with van der Waals surface area (Å²) in [4.78, 5) is 2.60. The maximum atomic E-state index is 11.7. The molecule has 1 aromatic rings. The number of anilines is 2. The Morgan fingerprint density at radius 3 is 2.85 bits per heavy atom. The summed E-state index contributed by atoms with van der Waals surface area (Å²) in [6, 6.07) is 7.94. The minimum absolute atomic E-state index is 0.555. The number of nitrogens with zero attached hydrogens (tertiary/aromatic N) is 2. The lowest BCUT2D eigenvalue weighted by molar-refractivity contribution is 0.143. The topological polar surface area (TPSA) is 64.7 Å². The van der Waals surface area contributed by atoms with Crippen molar-refractivity contribution in [1.82, 2.24) is 10.2 Å². The Bertz CT molecular complexity index is 724. The molecule has 2 rings (SSSR count). The summed E-state index contributed by atoms with van der Waals surface area (Å²) in [5.41, 5.74) is 1.36. The molecule has 1 heterocycles. The van der Waals surface area contributed by atoms with Gasteiger partial charge in [0.25, 0.3) is 0 Å². The first-order chi connectivity index (χ1) is 12.8. The van der Waals surface area contributed by atoms with Crippen molar-refractivity contribution in [3.63, 3.8) is 0 Å². The highest BCUT2D eigenvalue weighted by atomic mass is 32.2. The van der Waals surface area contributed by atoms with Gasteiger partial charge in [-0.25, -0.2) is 8.42 Å². The fourth-order valence-electron chi connectivity index (χ4n) is 3.45. The van der Waals surface area contributed by atoms with Crippen molar-refractivity contribution >= 4 is 38.7 Å². The largest absolute Gasteiger partial charge is 0.362 e. The van der Waals surface area contributed by atoms with Crippen LogP contribution < -0.4 is 14.9 Å². The summed E-state index contributed by atoms with van der Waals surface area (Å²) in [7, 11) is -1.75. The van der Waals surface area contributed by atoms with E-state index in [9.17, 15) is 8.42 Å². The number of thiocarbonyl (C=S) groups is 1. The molecule has 1 saturated heterocycles. The molecule has 0 aromatic heterocycles. The predicted molar refractivity (Wildman–Crippen MR) is 118 cm³/mol. The standard InChI is InChI=1S/C19H32N4O2S2/c1-4-17-10-5-6-13-23(17)14-8-12-20-19(26)21-16-9-7-11-18(15-16)22(2)27(3,24)25/h7,9,11,15,17H,4-6,8,10,12-14H2,1-3H3,(H2,20,21,26)/t17-/m1/s1. The molecule has 2 N–H and O–H groups in total. The van der Waals surface area contributed by atoms with Crippen LogP contribution in [0.4, 0.5) is 11.4 Å². The first-order valence-corrected chi connectivity index (χ1v) is 11.9. The van der Waals surface area contributed by atoms with E-state index in [0.29, 0.717) is 10.8 Å². The first-order valence-electron chi connectivity index (χ1n) is 9.64. The van der Waals surface area contributed by atoms with Crippen molar-refractivity contribution < 1.29 is 8.42 Å². The minimum atomic E-state index is -3.28. The van der Waals surface area contributed by atoms with Crippen LogP contribution in [0, 0.1) is 0 Å². The Balaban J connectivity index is 1.77. The molecule has 0 saturated carbocycles. The second-order valence-corrected chi connectivity index (χ2v) is 9.53. The van der Waals surface area contributed by atoms with Crippen LogP contribution in [0.25, 0.3) is 0 Å². The Kier molecular flexibility index (Phi) is 8.31. The number of hydrogen-bond acceptors (Lipinski definition) is 4. The second kappa shape index (κ2) is 10.2. The number of nitrogens with one attached hydrogen (secondary N) is 2. The van der Waals surface area contributed by atoms with Crippen LogP contribution in [-0.2, 0) is 10.0 Å². The lowest BCUT2D eigenvalue weighted by Crippen LogP contribution is -2.40. The molecule has 0 bridgehead atoms. The SMILES string of the molecule is CC[C@@H]1CCCCN1CCCNC(=S)Nc1cccc(N(C)S(C)(=O)=O)c1. The third-order valence-electron chi connectivity index (χ3n) is 5.09. The number of rotatable bonds is 8. The molecule has 0 unspecified atom stereocenters. The zero-order chi connectivity index (χ0) is 19.9. The quantitative estimate of drug-likeness (QED) is 0.505. The van der Waals surface area contributed by atoms with E-state index < -0.39 is 10.0 Å². The third kappa shape index (κ3) is 6.93. The molecule has 1 atom stereocenters. The predicted octanol–water partition coefficient (Wildman–Crippen LogP) is 3.02. The highest BCUT2D eigenvalue weighted by Gasteiger charge is 2.19. The lowest BCUT2D eigenvalue weighted by atomic mass is 10.00. The van der Waals surface area contributed by atoms with E-state index >= 15 is 0 Å². The summed E-state index contributed by atoms with van der Waals surface area (Å²) >= 11 is 5.37. The van der Waals surface area contributed by atoms with Crippen molar-refractivity contribution in [2.45, 2.75) is 45.1 Å². The summed E-state index contributed by atoms with van der Waals surface area (Å²) in [5, 5.41) is 6.93. The average Bonchev–Trinajstić information content (AvgIpc) is 2.64. The van der Waals surface area contributed by atoms with E-state index in [1.165, 1.54) is 49.8 Å². The van der Waals surface area contributed by atoms with Gasteiger partial charge in [0.05, 0.1) is 11.9 Å². The minimum Gasteiger partial charge on any atom is -0.362 e. The van der Waals surface area contributed by atoms with E-state index in [1.54, 1.807) is 12.1 Å². The molecular weight excluding hydrogens is 380 g/mol. The van der Waals surface area contributed by atoms with Gasteiger partial charge in [0, 0.05) is 31.9 Å². The van der Waals surface area contributed by atoms with Gasteiger partial charge in [-0.2, -0.15) is 0 Å². The maximum Gasteiger partial charge on any atom is 0.231 e. The van der Waals surface area contributed by atoms with E-state index in [4.69, 9.17) is 12.2 Å². The molecule has 152 valence electrons. The van der Waals surface area contributed by atoms with Gasteiger partial charge in [0.2, 0.25) is 10.0 Å².